The van der Waals surface area contributed by atoms with Gasteiger partial charge in [-0.3, -0.25) is 4.90 Å². The van der Waals surface area contributed by atoms with Crippen LogP contribution < -0.4 is 14.2 Å². The predicted octanol–water partition coefficient (Wildman–Crippen LogP) is 2.58. The van der Waals surface area contributed by atoms with Crippen LogP contribution in [0, 0.1) is 5.92 Å². The predicted molar refractivity (Wildman–Crippen MR) is 128 cm³/mol. The summed E-state index contributed by atoms with van der Waals surface area (Å²) in [6.07, 6.45) is 3.78. The number of hydrogen-bond acceptors (Lipinski definition) is 8. The van der Waals surface area contributed by atoms with Gasteiger partial charge in [-0.25, -0.2) is 4.98 Å². The van der Waals surface area contributed by atoms with Gasteiger partial charge in [0.25, 0.3) is 0 Å². The molecule has 0 unspecified atom stereocenters. The highest BCUT2D eigenvalue weighted by Crippen LogP contribution is 2.46. The Morgan fingerprint density at radius 3 is 2.65 bits per heavy atom. The molecule has 1 N–H and O–H groups in total. The maximum atomic E-state index is 11.9. The zero-order valence-electron chi connectivity index (χ0n) is 20.5. The topological polar surface area (TPSA) is 82.5 Å². The van der Waals surface area contributed by atoms with Gasteiger partial charge in [0.15, 0.2) is 11.5 Å². The molecule has 34 heavy (non-hydrogen) atoms. The van der Waals surface area contributed by atoms with Crippen molar-refractivity contribution in [1.29, 1.82) is 0 Å². The molecule has 1 aliphatic carbocycles. The number of aliphatic hydroxyl groups is 1. The maximum absolute atomic E-state index is 11.9. The molecular weight excluding hydrogens is 436 g/mol. The molecule has 0 spiro atoms. The van der Waals surface area contributed by atoms with Gasteiger partial charge >= 0.3 is 0 Å². The summed E-state index contributed by atoms with van der Waals surface area (Å²) in [6.45, 7) is 1.52. The molecule has 1 saturated carbocycles. The monoisotopic (exact) mass is 472 g/mol. The molecule has 2 heterocycles. The Hall–Kier alpha value is -2.39. The van der Waals surface area contributed by atoms with Gasteiger partial charge in [-0.2, -0.15) is 0 Å². The van der Waals surface area contributed by atoms with Crippen LogP contribution in [0.5, 0.6) is 17.4 Å². The number of nitrogens with zero attached hydrogens (tertiary/aromatic N) is 2. The quantitative estimate of drug-likeness (QED) is 0.565. The highest BCUT2D eigenvalue weighted by molar-refractivity contribution is 5.43. The Kier molecular flexibility index (Phi) is 7.93. The van der Waals surface area contributed by atoms with Gasteiger partial charge in [0.05, 0.1) is 39.6 Å². The van der Waals surface area contributed by atoms with Crippen LogP contribution in [0.1, 0.15) is 18.4 Å². The summed E-state index contributed by atoms with van der Waals surface area (Å²) in [7, 11) is 6.99. The largest absolute Gasteiger partial charge is 0.493 e. The van der Waals surface area contributed by atoms with Crippen molar-refractivity contribution in [3.8, 4) is 17.4 Å². The van der Waals surface area contributed by atoms with Crippen LogP contribution in [0.15, 0.2) is 42.6 Å². The van der Waals surface area contributed by atoms with E-state index in [9.17, 15) is 5.11 Å². The van der Waals surface area contributed by atoms with Crippen LogP contribution in [0.3, 0.4) is 0 Å². The van der Waals surface area contributed by atoms with E-state index in [-0.39, 0.29) is 30.8 Å². The standard InChI is InChI=1S/C26H36N2O6/c1-28(12-10-18-8-9-21(31-3)22(13-18)32-4)25-23(34-24-7-5-6-11-27-24)15-19-14-20(16-30-2)33-17-26(19,25)29/h5-9,11,13,19-20,23,25,29H,10,12,14-17H2,1-4H3/t19-,20+,23+,25-,26-/m0/s1. The van der Waals surface area contributed by atoms with Gasteiger partial charge in [-0.05, 0) is 56.0 Å². The lowest BCUT2D eigenvalue weighted by molar-refractivity contribution is -0.177. The van der Waals surface area contributed by atoms with Crippen molar-refractivity contribution in [3.63, 3.8) is 0 Å². The summed E-state index contributed by atoms with van der Waals surface area (Å²) in [5.74, 6) is 2.05. The Morgan fingerprint density at radius 1 is 1.12 bits per heavy atom. The molecule has 5 atom stereocenters. The molecule has 2 aliphatic rings. The van der Waals surface area contributed by atoms with Crippen LogP contribution in [-0.4, -0.2) is 87.0 Å². The van der Waals surface area contributed by atoms with Crippen molar-refractivity contribution in [2.45, 2.75) is 43.1 Å². The molecule has 1 saturated heterocycles. The molecule has 0 amide bonds. The first kappa shape index (κ1) is 24.7. The van der Waals surface area contributed by atoms with Gasteiger partial charge in [0.2, 0.25) is 5.88 Å². The number of fused-ring (bicyclic) bond motifs is 1. The van der Waals surface area contributed by atoms with Crippen LogP contribution in [0.2, 0.25) is 0 Å². The normalized spacial score (nSPS) is 28.5. The van der Waals surface area contributed by atoms with E-state index in [2.05, 4.69) is 9.88 Å². The maximum Gasteiger partial charge on any atom is 0.213 e. The summed E-state index contributed by atoms with van der Waals surface area (Å²) < 4.78 is 28.5. The highest BCUT2D eigenvalue weighted by Gasteiger charge is 2.59. The fourth-order valence-electron chi connectivity index (χ4n) is 5.45. The Bertz CT molecular complexity index is 929. The van der Waals surface area contributed by atoms with Gasteiger partial charge in [0.1, 0.15) is 11.7 Å². The molecule has 0 radical (unpaired) electrons. The Balaban J connectivity index is 1.52. The molecule has 2 aromatic rings. The summed E-state index contributed by atoms with van der Waals surface area (Å²) >= 11 is 0. The lowest BCUT2D eigenvalue weighted by atomic mass is 9.82. The van der Waals surface area contributed by atoms with Crippen molar-refractivity contribution in [3.05, 3.63) is 48.2 Å². The van der Waals surface area contributed by atoms with Gasteiger partial charge in [-0.15, -0.1) is 0 Å². The molecule has 186 valence electrons. The molecule has 8 heteroatoms. The number of benzene rings is 1. The number of hydrogen-bond donors (Lipinski definition) is 1. The van der Waals surface area contributed by atoms with Crippen molar-refractivity contribution >= 4 is 0 Å². The fraction of sp³-hybridized carbons (Fsp3) is 0.577. The smallest absolute Gasteiger partial charge is 0.213 e. The third-order valence-electron chi connectivity index (χ3n) is 7.12. The first-order chi connectivity index (χ1) is 16.5. The first-order valence-electron chi connectivity index (χ1n) is 11.8. The van der Waals surface area contributed by atoms with Crippen molar-refractivity contribution in [1.82, 2.24) is 9.88 Å². The summed E-state index contributed by atoms with van der Waals surface area (Å²) in [5, 5.41) is 11.9. The minimum Gasteiger partial charge on any atom is -0.493 e. The Morgan fingerprint density at radius 2 is 1.94 bits per heavy atom. The molecule has 1 aromatic heterocycles. The highest BCUT2D eigenvalue weighted by atomic mass is 16.5. The number of likely N-dealkylation sites (N-methyl/N-ethyl adjacent to an activating group) is 1. The van der Waals surface area contributed by atoms with E-state index in [1.165, 1.54) is 0 Å². The van der Waals surface area contributed by atoms with E-state index in [4.69, 9.17) is 23.7 Å². The minimum atomic E-state index is -1.00. The average Bonchev–Trinajstić information content (AvgIpc) is 3.14. The van der Waals surface area contributed by atoms with E-state index in [0.717, 1.165) is 31.4 Å². The third-order valence-corrected chi connectivity index (χ3v) is 7.12. The summed E-state index contributed by atoms with van der Waals surface area (Å²) in [4.78, 5) is 6.55. The van der Waals surface area contributed by atoms with Crippen LogP contribution in [-0.2, 0) is 15.9 Å². The number of methoxy groups -OCH3 is 3. The van der Waals surface area contributed by atoms with Crippen molar-refractivity contribution < 1.29 is 28.8 Å². The lowest BCUT2D eigenvalue weighted by Crippen LogP contribution is -2.60. The molecule has 1 aromatic carbocycles. The summed E-state index contributed by atoms with van der Waals surface area (Å²) in [6, 6.07) is 11.4. The van der Waals surface area contributed by atoms with E-state index >= 15 is 0 Å². The van der Waals surface area contributed by atoms with Crippen LogP contribution in [0.4, 0.5) is 0 Å². The molecular formula is C26H36N2O6. The zero-order chi connectivity index (χ0) is 24.1. The van der Waals surface area contributed by atoms with Gasteiger partial charge < -0.3 is 28.8 Å². The second-order valence-electron chi connectivity index (χ2n) is 9.24. The zero-order valence-corrected chi connectivity index (χ0v) is 20.5. The van der Waals surface area contributed by atoms with Gasteiger partial charge in [0, 0.05) is 25.9 Å². The van der Waals surface area contributed by atoms with E-state index in [0.29, 0.717) is 24.0 Å². The third kappa shape index (κ3) is 5.15. The number of ether oxygens (including phenoxy) is 5. The SMILES string of the molecule is COC[C@H]1C[C@H]2C[C@@H](Oc3ccccn3)[C@H](N(C)CCc3ccc(OC)c(OC)c3)[C@]2(O)CO1. The fourth-order valence-corrected chi connectivity index (χ4v) is 5.45. The first-order valence-corrected chi connectivity index (χ1v) is 11.8. The average molecular weight is 473 g/mol. The van der Waals surface area contributed by atoms with Crippen molar-refractivity contribution in [2.75, 3.05) is 48.1 Å². The van der Waals surface area contributed by atoms with Gasteiger partial charge in [-0.1, -0.05) is 12.1 Å². The molecule has 1 aliphatic heterocycles. The molecule has 8 nitrogen and oxygen atoms in total. The number of aromatic nitrogens is 1. The number of pyridine rings is 1. The minimum absolute atomic E-state index is 0.0124. The second kappa shape index (κ2) is 10.9. The Labute approximate surface area is 201 Å². The number of rotatable bonds is 10. The van der Waals surface area contributed by atoms with E-state index in [1.54, 1.807) is 27.5 Å². The molecule has 2 fully saturated rings. The molecule has 4 rings (SSSR count). The van der Waals surface area contributed by atoms with E-state index in [1.807, 2.05) is 43.4 Å². The summed E-state index contributed by atoms with van der Waals surface area (Å²) in [5.41, 5.74) is 0.129. The molecule has 0 bridgehead atoms. The van der Waals surface area contributed by atoms with Crippen molar-refractivity contribution in [2.24, 2.45) is 5.92 Å². The van der Waals surface area contributed by atoms with Crippen LogP contribution in [0.25, 0.3) is 0 Å². The van der Waals surface area contributed by atoms with Crippen LogP contribution >= 0.6 is 0 Å². The van der Waals surface area contributed by atoms with E-state index < -0.39 is 5.60 Å². The lowest BCUT2D eigenvalue weighted by Gasteiger charge is -2.44. The second-order valence-corrected chi connectivity index (χ2v) is 9.24.